The van der Waals surface area contributed by atoms with E-state index >= 15 is 0 Å². The minimum Gasteiger partial charge on any atom is -0.390 e. The number of nitrogens with two attached hydrogens (primary N) is 1. The molecule has 2 atom stereocenters. The van der Waals surface area contributed by atoms with Crippen molar-refractivity contribution in [3.8, 4) is 0 Å². The first-order valence-corrected chi connectivity index (χ1v) is 6.55. The van der Waals surface area contributed by atoms with Crippen molar-refractivity contribution >= 4 is 0 Å². The highest BCUT2D eigenvalue weighted by Crippen LogP contribution is 2.15. The van der Waals surface area contributed by atoms with Gasteiger partial charge in [0.25, 0.3) is 0 Å². The van der Waals surface area contributed by atoms with E-state index in [1.807, 2.05) is 6.07 Å². The summed E-state index contributed by atoms with van der Waals surface area (Å²) < 4.78 is 0. The largest absolute Gasteiger partial charge is 0.390 e. The van der Waals surface area contributed by atoms with Crippen LogP contribution in [0.5, 0.6) is 0 Å². The smallest absolute Gasteiger partial charge is 0.0829 e. The number of aliphatic hydroxyl groups is 1. The van der Waals surface area contributed by atoms with Crippen LogP contribution in [0.25, 0.3) is 0 Å². The van der Waals surface area contributed by atoms with Crippen LogP contribution < -0.4 is 5.73 Å². The van der Waals surface area contributed by atoms with Gasteiger partial charge in [-0.3, -0.25) is 4.90 Å². The van der Waals surface area contributed by atoms with Gasteiger partial charge < -0.3 is 15.7 Å². The Bertz CT molecular complexity index is 357. The first-order valence-electron chi connectivity index (χ1n) is 6.55. The summed E-state index contributed by atoms with van der Waals surface area (Å²) in [5.41, 5.74) is 6.90. The second-order valence-corrected chi connectivity index (χ2v) is 5.09. The zero-order valence-corrected chi connectivity index (χ0v) is 11.0. The van der Waals surface area contributed by atoms with E-state index in [4.69, 9.17) is 5.73 Å². The Labute approximate surface area is 109 Å². The topological polar surface area (TPSA) is 52.7 Å². The fraction of sp³-hybridized carbons (Fsp3) is 0.571. The highest BCUT2D eigenvalue weighted by Gasteiger charge is 2.30. The number of benzene rings is 1. The molecule has 0 spiro atoms. The monoisotopic (exact) mass is 249 g/mol. The molecule has 1 saturated heterocycles. The number of nitrogens with zero attached hydrogens (tertiary/aromatic N) is 2. The minimum atomic E-state index is -0.448. The molecule has 2 rings (SSSR count). The van der Waals surface area contributed by atoms with E-state index in [9.17, 15) is 5.11 Å². The molecule has 1 aromatic rings. The Morgan fingerprint density at radius 1 is 1.33 bits per heavy atom. The Morgan fingerprint density at radius 3 is 2.72 bits per heavy atom. The van der Waals surface area contributed by atoms with Crippen molar-refractivity contribution in [3.63, 3.8) is 0 Å². The molecule has 0 bridgehead atoms. The molecule has 0 radical (unpaired) electrons. The van der Waals surface area contributed by atoms with E-state index in [1.54, 1.807) is 0 Å². The van der Waals surface area contributed by atoms with Crippen LogP contribution in [0.2, 0.25) is 0 Å². The SMILES string of the molecule is CN1CCN(Cc2ccccc2)C(C(O)CN)C1. The first-order chi connectivity index (χ1) is 8.70. The van der Waals surface area contributed by atoms with Gasteiger partial charge in [0.2, 0.25) is 0 Å². The number of likely N-dealkylation sites (N-methyl/N-ethyl adjacent to an activating group) is 1. The molecule has 4 heteroatoms. The summed E-state index contributed by atoms with van der Waals surface area (Å²) in [6.07, 6.45) is -0.448. The molecule has 2 unspecified atom stereocenters. The van der Waals surface area contributed by atoms with Crippen molar-refractivity contribution in [2.75, 3.05) is 33.2 Å². The molecular formula is C14H23N3O. The molecule has 100 valence electrons. The molecular weight excluding hydrogens is 226 g/mol. The molecule has 3 N–H and O–H groups in total. The fourth-order valence-corrected chi connectivity index (χ4v) is 2.53. The van der Waals surface area contributed by atoms with Gasteiger partial charge in [0.15, 0.2) is 0 Å². The van der Waals surface area contributed by atoms with Crippen molar-refractivity contribution in [2.24, 2.45) is 5.73 Å². The molecule has 1 aliphatic rings. The lowest BCUT2D eigenvalue weighted by Crippen LogP contribution is -2.57. The fourth-order valence-electron chi connectivity index (χ4n) is 2.53. The first kappa shape index (κ1) is 13.5. The molecule has 0 saturated carbocycles. The second-order valence-electron chi connectivity index (χ2n) is 5.09. The average Bonchev–Trinajstić information content (AvgIpc) is 2.41. The van der Waals surface area contributed by atoms with Crippen molar-refractivity contribution in [1.29, 1.82) is 0 Å². The molecule has 1 aromatic carbocycles. The van der Waals surface area contributed by atoms with Gasteiger partial charge in [0, 0.05) is 38.8 Å². The summed E-state index contributed by atoms with van der Waals surface area (Å²) in [4.78, 5) is 4.60. The lowest BCUT2D eigenvalue weighted by Gasteiger charge is -2.42. The number of hydrogen-bond acceptors (Lipinski definition) is 4. The van der Waals surface area contributed by atoms with Crippen molar-refractivity contribution in [3.05, 3.63) is 35.9 Å². The van der Waals surface area contributed by atoms with Crippen molar-refractivity contribution in [2.45, 2.75) is 18.7 Å². The summed E-state index contributed by atoms with van der Waals surface area (Å²) in [6, 6.07) is 10.5. The molecule has 18 heavy (non-hydrogen) atoms. The zero-order valence-electron chi connectivity index (χ0n) is 11.0. The summed E-state index contributed by atoms with van der Waals surface area (Å²) in [5.74, 6) is 0. The van der Waals surface area contributed by atoms with E-state index in [0.29, 0.717) is 6.54 Å². The minimum absolute atomic E-state index is 0.133. The maximum atomic E-state index is 10.1. The highest BCUT2D eigenvalue weighted by atomic mass is 16.3. The third-order valence-electron chi connectivity index (χ3n) is 3.65. The Balaban J connectivity index is 2.04. The maximum absolute atomic E-state index is 10.1. The predicted octanol–water partition coefficient (Wildman–Crippen LogP) is 0.122. The third kappa shape index (κ3) is 3.29. The second kappa shape index (κ2) is 6.29. The molecule has 0 amide bonds. The van der Waals surface area contributed by atoms with E-state index in [2.05, 4.69) is 41.1 Å². The Morgan fingerprint density at radius 2 is 2.06 bits per heavy atom. The van der Waals surface area contributed by atoms with E-state index in [-0.39, 0.29) is 6.04 Å². The number of aliphatic hydroxyl groups excluding tert-OH is 1. The van der Waals surface area contributed by atoms with Gasteiger partial charge in [-0.1, -0.05) is 30.3 Å². The Hall–Kier alpha value is -0.940. The van der Waals surface area contributed by atoms with Gasteiger partial charge >= 0.3 is 0 Å². The van der Waals surface area contributed by atoms with E-state index in [1.165, 1.54) is 5.56 Å². The molecule has 1 heterocycles. The van der Waals surface area contributed by atoms with Crippen LogP contribution in [0.4, 0.5) is 0 Å². The lowest BCUT2D eigenvalue weighted by molar-refractivity contribution is 0.000520. The van der Waals surface area contributed by atoms with Gasteiger partial charge in [-0.05, 0) is 12.6 Å². The summed E-state index contributed by atoms with van der Waals surface area (Å²) >= 11 is 0. The van der Waals surface area contributed by atoms with Gasteiger partial charge in [-0.15, -0.1) is 0 Å². The standard InChI is InChI=1S/C14H23N3O/c1-16-7-8-17(13(11-16)14(18)9-15)10-12-5-3-2-4-6-12/h2-6,13-14,18H,7-11,15H2,1H3. The summed E-state index contributed by atoms with van der Waals surface area (Å²) in [5, 5.41) is 10.1. The van der Waals surface area contributed by atoms with Crippen LogP contribution in [0.1, 0.15) is 5.56 Å². The van der Waals surface area contributed by atoms with Crippen molar-refractivity contribution < 1.29 is 5.11 Å². The summed E-state index contributed by atoms with van der Waals surface area (Å²) in [6.45, 7) is 4.11. The molecule has 4 nitrogen and oxygen atoms in total. The average molecular weight is 249 g/mol. The van der Waals surface area contributed by atoms with Gasteiger partial charge in [0.05, 0.1) is 6.10 Å². The Kier molecular flexibility index (Phi) is 4.72. The van der Waals surface area contributed by atoms with Crippen LogP contribution >= 0.6 is 0 Å². The van der Waals surface area contributed by atoms with Crippen molar-refractivity contribution in [1.82, 2.24) is 9.80 Å². The van der Waals surface area contributed by atoms with Crippen LogP contribution in [-0.4, -0.2) is 60.3 Å². The van der Waals surface area contributed by atoms with Crippen LogP contribution in [0.15, 0.2) is 30.3 Å². The molecule has 1 aliphatic heterocycles. The zero-order chi connectivity index (χ0) is 13.0. The van der Waals surface area contributed by atoms with E-state index in [0.717, 1.165) is 26.2 Å². The predicted molar refractivity (Wildman–Crippen MR) is 73.2 cm³/mol. The maximum Gasteiger partial charge on any atom is 0.0829 e. The lowest BCUT2D eigenvalue weighted by atomic mass is 10.0. The third-order valence-corrected chi connectivity index (χ3v) is 3.65. The molecule has 1 fully saturated rings. The quantitative estimate of drug-likeness (QED) is 0.796. The van der Waals surface area contributed by atoms with Crippen LogP contribution in [0.3, 0.4) is 0 Å². The van der Waals surface area contributed by atoms with Crippen LogP contribution in [0, 0.1) is 0 Å². The number of hydrogen-bond donors (Lipinski definition) is 2. The van der Waals surface area contributed by atoms with Gasteiger partial charge in [0.1, 0.15) is 0 Å². The van der Waals surface area contributed by atoms with Gasteiger partial charge in [-0.25, -0.2) is 0 Å². The number of rotatable bonds is 4. The normalized spacial score (nSPS) is 24.1. The van der Waals surface area contributed by atoms with Crippen LogP contribution in [-0.2, 0) is 6.54 Å². The molecule has 0 aromatic heterocycles. The molecule has 0 aliphatic carbocycles. The van der Waals surface area contributed by atoms with Gasteiger partial charge in [-0.2, -0.15) is 0 Å². The highest BCUT2D eigenvalue weighted by molar-refractivity contribution is 5.15. The number of piperazine rings is 1. The van der Waals surface area contributed by atoms with E-state index < -0.39 is 6.10 Å². The summed E-state index contributed by atoms with van der Waals surface area (Å²) in [7, 11) is 2.09.